The van der Waals surface area contributed by atoms with Gasteiger partial charge in [0.2, 0.25) is 0 Å². The van der Waals surface area contributed by atoms with E-state index in [1.165, 1.54) is 5.56 Å². The van der Waals surface area contributed by atoms with Crippen molar-refractivity contribution in [3.63, 3.8) is 0 Å². The van der Waals surface area contributed by atoms with Crippen molar-refractivity contribution in [3.8, 4) is 0 Å². The summed E-state index contributed by atoms with van der Waals surface area (Å²) < 4.78 is 0. The van der Waals surface area contributed by atoms with Crippen LogP contribution in [0.5, 0.6) is 0 Å². The summed E-state index contributed by atoms with van der Waals surface area (Å²) in [5.74, 6) is 0. The zero-order valence-corrected chi connectivity index (χ0v) is 14.9. The quantitative estimate of drug-likeness (QED) is 0.632. The molecule has 0 bridgehead atoms. The number of carbonyl (C=O) groups is 1. The van der Waals surface area contributed by atoms with E-state index < -0.39 is 0 Å². The van der Waals surface area contributed by atoms with Crippen LogP contribution in [0.1, 0.15) is 12.5 Å². The van der Waals surface area contributed by atoms with Crippen molar-refractivity contribution in [2.45, 2.75) is 13.5 Å². The molecule has 0 aliphatic heterocycles. The molecule has 0 atom stereocenters. The lowest BCUT2D eigenvalue weighted by atomic mass is 10.2. The van der Waals surface area contributed by atoms with E-state index in [2.05, 4.69) is 46.7 Å². The standard InChI is InChI=1S/C22H23N3O/c1-2-25(17-18-9-5-3-6-10-18)21-15-13-20(14-16-21)24-22(26)23-19-11-7-4-8-12-19/h3-16H,2,17H2,1H3,(H2,23,24,26). The van der Waals surface area contributed by atoms with Crippen molar-refractivity contribution in [1.29, 1.82) is 0 Å². The molecule has 2 amide bonds. The van der Waals surface area contributed by atoms with Gasteiger partial charge in [0.25, 0.3) is 0 Å². The number of carbonyl (C=O) groups excluding carboxylic acids is 1. The molecule has 0 radical (unpaired) electrons. The Morgan fingerprint density at radius 1 is 0.769 bits per heavy atom. The van der Waals surface area contributed by atoms with Gasteiger partial charge in [-0.2, -0.15) is 0 Å². The molecule has 0 aliphatic carbocycles. The van der Waals surface area contributed by atoms with Crippen LogP contribution in [-0.4, -0.2) is 12.6 Å². The van der Waals surface area contributed by atoms with Crippen molar-refractivity contribution < 1.29 is 4.79 Å². The highest BCUT2D eigenvalue weighted by Crippen LogP contribution is 2.20. The van der Waals surface area contributed by atoms with Gasteiger partial charge in [-0.15, -0.1) is 0 Å². The number of nitrogens with zero attached hydrogens (tertiary/aromatic N) is 1. The number of urea groups is 1. The minimum absolute atomic E-state index is 0.249. The van der Waals surface area contributed by atoms with Crippen LogP contribution in [0.4, 0.5) is 21.9 Å². The van der Waals surface area contributed by atoms with Crippen LogP contribution in [-0.2, 0) is 6.54 Å². The Balaban J connectivity index is 1.61. The van der Waals surface area contributed by atoms with E-state index >= 15 is 0 Å². The minimum Gasteiger partial charge on any atom is -0.367 e. The number of hydrogen-bond acceptors (Lipinski definition) is 2. The van der Waals surface area contributed by atoms with Gasteiger partial charge < -0.3 is 15.5 Å². The molecule has 0 saturated carbocycles. The molecule has 0 saturated heterocycles. The molecule has 0 aliphatic rings. The topological polar surface area (TPSA) is 44.4 Å². The highest BCUT2D eigenvalue weighted by molar-refractivity contribution is 5.99. The predicted molar refractivity (Wildman–Crippen MR) is 109 cm³/mol. The van der Waals surface area contributed by atoms with Crippen molar-refractivity contribution in [2.75, 3.05) is 22.1 Å². The molecule has 0 unspecified atom stereocenters. The Bertz CT molecular complexity index is 817. The molecular formula is C22H23N3O. The normalized spacial score (nSPS) is 10.2. The fourth-order valence-electron chi connectivity index (χ4n) is 2.76. The maximum Gasteiger partial charge on any atom is 0.323 e. The van der Waals surface area contributed by atoms with Gasteiger partial charge in [0.1, 0.15) is 0 Å². The number of anilines is 3. The van der Waals surface area contributed by atoms with Crippen LogP contribution in [0, 0.1) is 0 Å². The van der Waals surface area contributed by atoms with E-state index in [-0.39, 0.29) is 6.03 Å². The number of hydrogen-bond donors (Lipinski definition) is 2. The van der Waals surface area contributed by atoms with Gasteiger partial charge in [0.05, 0.1) is 0 Å². The maximum atomic E-state index is 12.1. The monoisotopic (exact) mass is 345 g/mol. The number of amides is 2. The molecule has 0 fully saturated rings. The molecule has 26 heavy (non-hydrogen) atoms. The summed E-state index contributed by atoms with van der Waals surface area (Å²) >= 11 is 0. The van der Waals surface area contributed by atoms with Gasteiger partial charge in [-0.25, -0.2) is 4.79 Å². The molecule has 132 valence electrons. The van der Waals surface area contributed by atoms with Crippen LogP contribution in [0.25, 0.3) is 0 Å². The second-order valence-corrected chi connectivity index (χ2v) is 5.99. The smallest absolute Gasteiger partial charge is 0.323 e. The summed E-state index contributed by atoms with van der Waals surface area (Å²) in [4.78, 5) is 14.4. The van der Waals surface area contributed by atoms with Gasteiger partial charge >= 0.3 is 6.03 Å². The van der Waals surface area contributed by atoms with E-state index in [9.17, 15) is 4.79 Å². The Morgan fingerprint density at radius 3 is 1.88 bits per heavy atom. The Kier molecular flexibility index (Phi) is 5.88. The van der Waals surface area contributed by atoms with Crippen molar-refractivity contribution in [3.05, 3.63) is 90.5 Å². The molecule has 3 aromatic carbocycles. The summed E-state index contributed by atoms with van der Waals surface area (Å²) in [6.45, 7) is 3.91. The SMILES string of the molecule is CCN(Cc1ccccc1)c1ccc(NC(=O)Nc2ccccc2)cc1. The van der Waals surface area contributed by atoms with E-state index in [4.69, 9.17) is 0 Å². The lowest BCUT2D eigenvalue weighted by Gasteiger charge is -2.23. The molecule has 0 aromatic heterocycles. The summed E-state index contributed by atoms with van der Waals surface area (Å²) in [5, 5.41) is 5.67. The lowest BCUT2D eigenvalue weighted by Crippen LogP contribution is -2.22. The van der Waals surface area contributed by atoms with Crippen LogP contribution >= 0.6 is 0 Å². The van der Waals surface area contributed by atoms with Crippen LogP contribution < -0.4 is 15.5 Å². The number of rotatable bonds is 6. The summed E-state index contributed by atoms with van der Waals surface area (Å²) in [7, 11) is 0. The third kappa shape index (κ3) is 4.86. The Labute approximate surface area is 154 Å². The zero-order chi connectivity index (χ0) is 18.2. The first kappa shape index (κ1) is 17.5. The molecular weight excluding hydrogens is 322 g/mol. The fourth-order valence-corrected chi connectivity index (χ4v) is 2.76. The number of para-hydroxylation sites is 1. The van der Waals surface area contributed by atoms with E-state index in [1.807, 2.05) is 60.7 Å². The number of benzene rings is 3. The number of nitrogens with one attached hydrogen (secondary N) is 2. The van der Waals surface area contributed by atoms with Crippen LogP contribution in [0.15, 0.2) is 84.9 Å². The first-order valence-electron chi connectivity index (χ1n) is 8.76. The van der Waals surface area contributed by atoms with Gasteiger partial charge in [-0.05, 0) is 48.9 Å². The molecule has 4 heteroatoms. The van der Waals surface area contributed by atoms with E-state index in [0.29, 0.717) is 0 Å². The van der Waals surface area contributed by atoms with Gasteiger partial charge in [-0.3, -0.25) is 0 Å². The summed E-state index contributed by atoms with van der Waals surface area (Å²) in [5.41, 5.74) is 3.93. The second kappa shape index (κ2) is 8.72. The third-order valence-corrected chi connectivity index (χ3v) is 4.12. The predicted octanol–water partition coefficient (Wildman–Crippen LogP) is 5.36. The molecule has 2 N–H and O–H groups in total. The van der Waals surface area contributed by atoms with Gasteiger partial charge in [-0.1, -0.05) is 48.5 Å². The molecule has 4 nitrogen and oxygen atoms in total. The summed E-state index contributed by atoms with van der Waals surface area (Å²) in [6.07, 6.45) is 0. The second-order valence-electron chi connectivity index (χ2n) is 5.99. The molecule has 3 rings (SSSR count). The van der Waals surface area contributed by atoms with Gasteiger partial charge in [0, 0.05) is 30.2 Å². The Hall–Kier alpha value is -3.27. The molecule has 3 aromatic rings. The first-order valence-corrected chi connectivity index (χ1v) is 8.76. The molecule has 0 heterocycles. The van der Waals surface area contributed by atoms with E-state index in [1.54, 1.807) is 0 Å². The van der Waals surface area contributed by atoms with Crippen molar-refractivity contribution >= 4 is 23.1 Å². The van der Waals surface area contributed by atoms with Crippen molar-refractivity contribution in [2.24, 2.45) is 0 Å². The third-order valence-electron chi connectivity index (χ3n) is 4.12. The average Bonchev–Trinajstić information content (AvgIpc) is 2.68. The Morgan fingerprint density at radius 2 is 1.31 bits per heavy atom. The highest BCUT2D eigenvalue weighted by Gasteiger charge is 2.07. The fraction of sp³-hybridized carbons (Fsp3) is 0.136. The van der Waals surface area contributed by atoms with Crippen LogP contribution in [0.3, 0.4) is 0 Å². The van der Waals surface area contributed by atoms with Crippen LogP contribution in [0.2, 0.25) is 0 Å². The summed E-state index contributed by atoms with van der Waals surface area (Å²) in [6, 6.07) is 27.5. The zero-order valence-electron chi connectivity index (χ0n) is 14.9. The largest absolute Gasteiger partial charge is 0.367 e. The average molecular weight is 345 g/mol. The van der Waals surface area contributed by atoms with Crippen molar-refractivity contribution in [1.82, 2.24) is 0 Å². The highest BCUT2D eigenvalue weighted by atomic mass is 16.2. The minimum atomic E-state index is -0.249. The first-order chi connectivity index (χ1) is 12.7. The van der Waals surface area contributed by atoms with E-state index in [0.717, 1.165) is 30.2 Å². The van der Waals surface area contributed by atoms with Gasteiger partial charge in [0.15, 0.2) is 0 Å². The molecule has 0 spiro atoms. The lowest BCUT2D eigenvalue weighted by molar-refractivity contribution is 0.262. The maximum absolute atomic E-state index is 12.1.